The lowest BCUT2D eigenvalue weighted by atomic mass is 10.1. The van der Waals surface area contributed by atoms with Crippen LogP contribution >= 0.6 is 11.6 Å². The van der Waals surface area contributed by atoms with Crippen LogP contribution < -0.4 is 15.4 Å². The first-order valence-electron chi connectivity index (χ1n) is 8.33. The van der Waals surface area contributed by atoms with Gasteiger partial charge in [0.25, 0.3) is 5.91 Å². The van der Waals surface area contributed by atoms with Gasteiger partial charge in [0.2, 0.25) is 0 Å². The van der Waals surface area contributed by atoms with E-state index in [-0.39, 0.29) is 5.69 Å². The van der Waals surface area contributed by atoms with Crippen LogP contribution in [0.5, 0.6) is 5.75 Å². The van der Waals surface area contributed by atoms with Crippen molar-refractivity contribution in [1.82, 2.24) is 10.2 Å². The zero-order valence-electron chi connectivity index (χ0n) is 15.0. The molecule has 0 aliphatic rings. The lowest BCUT2D eigenvalue weighted by molar-refractivity contribution is 0.102. The van der Waals surface area contributed by atoms with E-state index in [9.17, 15) is 4.79 Å². The third kappa shape index (κ3) is 4.95. The first-order valence-corrected chi connectivity index (χ1v) is 8.71. The minimum atomic E-state index is -0.395. The summed E-state index contributed by atoms with van der Waals surface area (Å²) in [5, 5.41) is 14.5. The molecule has 0 unspecified atom stereocenters. The first-order chi connectivity index (χ1) is 13.0. The van der Waals surface area contributed by atoms with Gasteiger partial charge in [-0.1, -0.05) is 41.4 Å². The zero-order chi connectivity index (χ0) is 19.2. The van der Waals surface area contributed by atoms with Crippen molar-refractivity contribution in [2.24, 2.45) is 0 Å². The van der Waals surface area contributed by atoms with E-state index < -0.39 is 5.91 Å². The predicted molar refractivity (Wildman–Crippen MR) is 106 cm³/mol. The summed E-state index contributed by atoms with van der Waals surface area (Å²) in [5.74, 6) is 0.707. The van der Waals surface area contributed by atoms with Gasteiger partial charge in [-0.3, -0.25) is 4.79 Å². The second kappa shape index (κ2) is 8.51. The number of nitrogens with one attached hydrogen (secondary N) is 2. The van der Waals surface area contributed by atoms with Crippen LogP contribution in [0.25, 0.3) is 0 Å². The fraction of sp³-hybridized carbons (Fsp3) is 0.150. The summed E-state index contributed by atoms with van der Waals surface area (Å²) >= 11 is 5.98. The highest BCUT2D eigenvalue weighted by Crippen LogP contribution is 2.28. The third-order valence-corrected chi connectivity index (χ3v) is 4.10. The average molecular weight is 383 g/mol. The van der Waals surface area contributed by atoms with Crippen molar-refractivity contribution in [2.45, 2.75) is 13.5 Å². The van der Waals surface area contributed by atoms with Gasteiger partial charge in [-0.15, -0.1) is 10.2 Å². The summed E-state index contributed by atoms with van der Waals surface area (Å²) in [7, 11) is 1.52. The number of methoxy groups -OCH3 is 1. The second-order valence-electron chi connectivity index (χ2n) is 5.95. The van der Waals surface area contributed by atoms with Gasteiger partial charge in [0, 0.05) is 11.6 Å². The lowest BCUT2D eigenvalue weighted by Gasteiger charge is -2.10. The van der Waals surface area contributed by atoms with Crippen LogP contribution in [0.4, 0.5) is 11.5 Å². The minimum Gasteiger partial charge on any atom is -0.495 e. The molecule has 27 heavy (non-hydrogen) atoms. The molecule has 0 radical (unpaired) electrons. The van der Waals surface area contributed by atoms with Gasteiger partial charge in [0.05, 0.1) is 12.8 Å². The molecule has 138 valence electrons. The quantitative estimate of drug-likeness (QED) is 0.664. The Morgan fingerprint density at radius 3 is 2.67 bits per heavy atom. The summed E-state index contributed by atoms with van der Waals surface area (Å²) in [6.45, 7) is 2.67. The molecule has 0 fully saturated rings. The summed E-state index contributed by atoms with van der Waals surface area (Å²) in [5.41, 5.74) is 3.01. The number of carbonyl (C=O) groups is 1. The number of nitrogens with zero attached hydrogens (tertiary/aromatic N) is 2. The number of amides is 1. The maximum atomic E-state index is 12.4. The van der Waals surface area contributed by atoms with Crippen molar-refractivity contribution in [2.75, 3.05) is 17.7 Å². The first kappa shape index (κ1) is 18.7. The van der Waals surface area contributed by atoms with Crippen LogP contribution in [0.2, 0.25) is 5.02 Å². The zero-order valence-corrected chi connectivity index (χ0v) is 15.7. The number of rotatable bonds is 6. The van der Waals surface area contributed by atoms with E-state index in [1.54, 1.807) is 30.3 Å². The average Bonchev–Trinajstić information content (AvgIpc) is 2.67. The van der Waals surface area contributed by atoms with Crippen LogP contribution in [0.3, 0.4) is 0 Å². The Bertz CT molecular complexity index is 945. The SMILES string of the molecule is COc1ccc(Cl)cc1NC(=O)c1ccc(NCc2cccc(C)c2)nn1. The maximum absolute atomic E-state index is 12.4. The minimum absolute atomic E-state index is 0.193. The van der Waals surface area contributed by atoms with E-state index in [2.05, 4.69) is 26.9 Å². The van der Waals surface area contributed by atoms with Crippen molar-refractivity contribution in [3.8, 4) is 5.75 Å². The Morgan fingerprint density at radius 2 is 1.96 bits per heavy atom. The van der Waals surface area contributed by atoms with Crippen molar-refractivity contribution < 1.29 is 9.53 Å². The second-order valence-corrected chi connectivity index (χ2v) is 6.38. The van der Waals surface area contributed by atoms with Gasteiger partial charge in [0.1, 0.15) is 11.6 Å². The van der Waals surface area contributed by atoms with E-state index in [1.165, 1.54) is 12.7 Å². The molecule has 7 heteroatoms. The number of hydrogen-bond donors (Lipinski definition) is 2. The number of ether oxygens (including phenoxy) is 1. The molecule has 0 spiro atoms. The highest BCUT2D eigenvalue weighted by molar-refractivity contribution is 6.31. The smallest absolute Gasteiger partial charge is 0.276 e. The van der Waals surface area contributed by atoms with Crippen molar-refractivity contribution in [3.05, 3.63) is 76.4 Å². The fourth-order valence-electron chi connectivity index (χ4n) is 2.53. The fourth-order valence-corrected chi connectivity index (χ4v) is 2.70. The molecule has 3 aromatic rings. The molecule has 6 nitrogen and oxygen atoms in total. The standard InChI is InChI=1S/C20H19ClN4O2/c1-13-4-3-5-14(10-13)12-22-19-9-7-16(24-25-19)20(26)23-17-11-15(21)6-8-18(17)27-2/h3-11H,12H2,1-2H3,(H,22,25)(H,23,26). The van der Waals surface area contributed by atoms with Gasteiger partial charge in [-0.25, -0.2) is 0 Å². The number of benzene rings is 2. The van der Waals surface area contributed by atoms with E-state index in [1.807, 2.05) is 25.1 Å². The summed E-state index contributed by atoms with van der Waals surface area (Å²) in [4.78, 5) is 12.4. The molecule has 1 heterocycles. The molecule has 0 bridgehead atoms. The number of anilines is 2. The predicted octanol–water partition coefficient (Wildman–Crippen LogP) is 4.31. The molecule has 0 saturated carbocycles. The van der Waals surface area contributed by atoms with Gasteiger partial charge >= 0.3 is 0 Å². The Morgan fingerprint density at radius 1 is 1.11 bits per heavy atom. The lowest BCUT2D eigenvalue weighted by Crippen LogP contribution is -2.15. The normalized spacial score (nSPS) is 10.3. The van der Waals surface area contributed by atoms with E-state index in [4.69, 9.17) is 16.3 Å². The number of halogens is 1. The highest BCUT2D eigenvalue weighted by Gasteiger charge is 2.12. The molecule has 0 aliphatic heterocycles. The van der Waals surface area contributed by atoms with Gasteiger partial charge < -0.3 is 15.4 Å². The molecule has 0 atom stereocenters. The number of hydrogen-bond acceptors (Lipinski definition) is 5. The van der Waals surface area contributed by atoms with Gasteiger partial charge in [-0.05, 0) is 42.8 Å². The number of aromatic nitrogens is 2. The van der Waals surface area contributed by atoms with E-state index in [0.29, 0.717) is 28.8 Å². The van der Waals surface area contributed by atoms with Crippen molar-refractivity contribution >= 4 is 29.0 Å². The highest BCUT2D eigenvalue weighted by atomic mass is 35.5. The van der Waals surface area contributed by atoms with Crippen LogP contribution in [-0.2, 0) is 6.54 Å². The van der Waals surface area contributed by atoms with Crippen LogP contribution in [0.1, 0.15) is 21.6 Å². The van der Waals surface area contributed by atoms with E-state index in [0.717, 1.165) is 5.56 Å². The molecule has 2 aromatic carbocycles. The molecule has 1 aromatic heterocycles. The van der Waals surface area contributed by atoms with Crippen LogP contribution in [0, 0.1) is 6.92 Å². The van der Waals surface area contributed by atoms with Crippen molar-refractivity contribution in [3.63, 3.8) is 0 Å². The molecule has 0 aliphatic carbocycles. The Kier molecular flexibility index (Phi) is 5.88. The molecule has 2 N–H and O–H groups in total. The molecular weight excluding hydrogens is 364 g/mol. The van der Waals surface area contributed by atoms with Crippen LogP contribution in [0.15, 0.2) is 54.6 Å². The molecule has 3 rings (SSSR count). The van der Waals surface area contributed by atoms with Crippen LogP contribution in [-0.4, -0.2) is 23.2 Å². The summed E-state index contributed by atoms with van der Waals surface area (Å²) in [6, 6.07) is 16.5. The Balaban J connectivity index is 1.64. The summed E-state index contributed by atoms with van der Waals surface area (Å²) in [6.07, 6.45) is 0. The molecule has 1 amide bonds. The molecule has 0 saturated heterocycles. The summed E-state index contributed by atoms with van der Waals surface area (Å²) < 4.78 is 5.22. The maximum Gasteiger partial charge on any atom is 0.276 e. The molecular formula is C20H19ClN4O2. The van der Waals surface area contributed by atoms with Gasteiger partial charge in [-0.2, -0.15) is 0 Å². The number of carbonyl (C=O) groups excluding carboxylic acids is 1. The largest absolute Gasteiger partial charge is 0.495 e. The Hall–Kier alpha value is -3.12. The third-order valence-electron chi connectivity index (χ3n) is 3.86. The monoisotopic (exact) mass is 382 g/mol. The Labute approximate surface area is 162 Å². The van der Waals surface area contributed by atoms with E-state index >= 15 is 0 Å². The van der Waals surface area contributed by atoms with Crippen molar-refractivity contribution in [1.29, 1.82) is 0 Å². The van der Waals surface area contributed by atoms with Gasteiger partial charge in [0.15, 0.2) is 5.69 Å². The number of aryl methyl sites for hydroxylation is 1. The topological polar surface area (TPSA) is 76.1 Å².